The lowest BCUT2D eigenvalue weighted by Crippen LogP contribution is -2.37. The van der Waals surface area contributed by atoms with Crippen molar-refractivity contribution in [2.75, 3.05) is 26.3 Å². The maximum Gasteiger partial charge on any atom is 0.407 e. The van der Waals surface area contributed by atoms with Crippen molar-refractivity contribution in [2.24, 2.45) is 0 Å². The van der Waals surface area contributed by atoms with Gasteiger partial charge in [-0.1, -0.05) is 11.8 Å². The van der Waals surface area contributed by atoms with Crippen molar-refractivity contribution in [3.05, 3.63) is 23.8 Å². The van der Waals surface area contributed by atoms with Crippen molar-refractivity contribution < 1.29 is 23.8 Å². The number of alkyl carbamates (subject to hydrolysis) is 1. The third kappa shape index (κ3) is 9.08. The minimum Gasteiger partial charge on any atom is -0.481 e. The fourth-order valence-electron chi connectivity index (χ4n) is 1.88. The fraction of sp³-hybridized carbons (Fsp3) is 0.400. The van der Waals surface area contributed by atoms with Crippen molar-refractivity contribution in [1.29, 1.82) is 0 Å². The Bertz CT molecular complexity index is 702. The predicted molar refractivity (Wildman–Crippen MR) is 102 cm³/mol. The van der Waals surface area contributed by atoms with E-state index in [9.17, 15) is 9.59 Å². The SMILES string of the molecule is C#CCOc1cc(OCC#C)cc(C(=O)NCCNC(=O)OC(C)(C)C)c1. The van der Waals surface area contributed by atoms with Crippen LogP contribution in [0.25, 0.3) is 0 Å². The number of rotatable bonds is 8. The van der Waals surface area contributed by atoms with E-state index in [0.717, 1.165) is 0 Å². The van der Waals surface area contributed by atoms with Crippen LogP contribution in [0.4, 0.5) is 4.79 Å². The van der Waals surface area contributed by atoms with Crippen molar-refractivity contribution in [3.8, 4) is 36.2 Å². The highest BCUT2D eigenvalue weighted by Gasteiger charge is 2.15. The van der Waals surface area contributed by atoms with E-state index in [1.54, 1.807) is 26.8 Å². The molecular formula is C20H24N2O5. The Balaban J connectivity index is 2.63. The van der Waals surface area contributed by atoms with Crippen LogP contribution in [0.15, 0.2) is 18.2 Å². The van der Waals surface area contributed by atoms with Crippen LogP contribution >= 0.6 is 0 Å². The molecule has 144 valence electrons. The first-order valence-electron chi connectivity index (χ1n) is 8.28. The number of terminal acetylenes is 2. The Morgan fingerprint density at radius 3 is 1.96 bits per heavy atom. The van der Waals surface area contributed by atoms with Gasteiger partial charge in [0.25, 0.3) is 5.91 Å². The van der Waals surface area contributed by atoms with E-state index in [2.05, 4.69) is 22.5 Å². The van der Waals surface area contributed by atoms with Gasteiger partial charge in [-0.3, -0.25) is 4.79 Å². The largest absolute Gasteiger partial charge is 0.481 e. The van der Waals surface area contributed by atoms with Crippen LogP contribution in [0.1, 0.15) is 31.1 Å². The number of hydrogen-bond donors (Lipinski definition) is 2. The summed E-state index contributed by atoms with van der Waals surface area (Å²) in [6.45, 7) is 5.84. The molecular weight excluding hydrogens is 348 g/mol. The first-order chi connectivity index (χ1) is 12.7. The number of amides is 2. The highest BCUT2D eigenvalue weighted by molar-refractivity contribution is 5.95. The highest BCUT2D eigenvalue weighted by Crippen LogP contribution is 2.23. The molecule has 1 aromatic carbocycles. The zero-order valence-electron chi connectivity index (χ0n) is 15.8. The molecule has 0 saturated heterocycles. The number of benzene rings is 1. The average molecular weight is 372 g/mol. The maximum absolute atomic E-state index is 12.3. The van der Waals surface area contributed by atoms with E-state index < -0.39 is 11.7 Å². The van der Waals surface area contributed by atoms with Crippen LogP contribution in [0.5, 0.6) is 11.5 Å². The van der Waals surface area contributed by atoms with E-state index in [0.29, 0.717) is 17.1 Å². The van der Waals surface area contributed by atoms with Gasteiger partial charge in [0.15, 0.2) is 0 Å². The first-order valence-corrected chi connectivity index (χ1v) is 8.28. The molecule has 7 heteroatoms. The molecule has 0 heterocycles. The molecule has 0 spiro atoms. The van der Waals surface area contributed by atoms with Crippen LogP contribution in [-0.4, -0.2) is 43.9 Å². The Labute approximate surface area is 159 Å². The maximum atomic E-state index is 12.3. The van der Waals surface area contributed by atoms with Crippen molar-refractivity contribution in [1.82, 2.24) is 10.6 Å². The van der Waals surface area contributed by atoms with Gasteiger partial charge < -0.3 is 24.8 Å². The number of ether oxygens (including phenoxy) is 3. The Hall–Kier alpha value is -3.32. The van der Waals surface area contributed by atoms with E-state index in [1.807, 2.05) is 0 Å². The summed E-state index contributed by atoms with van der Waals surface area (Å²) in [6, 6.07) is 4.67. The van der Waals surface area contributed by atoms with Gasteiger partial charge in [0, 0.05) is 24.7 Å². The van der Waals surface area contributed by atoms with Crippen LogP contribution in [-0.2, 0) is 4.74 Å². The summed E-state index contributed by atoms with van der Waals surface area (Å²) in [5, 5.41) is 5.24. The lowest BCUT2D eigenvalue weighted by atomic mass is 10.2. The molecule has 2 N–H and O–H groups in total. The molecule has 1 rings (SSSR count). The summed E-state index contributed by atoms with van der Waals surface area (Å²) in [6.07, 6.45) is 9.81. The second-order valence-electron chi connectivity index (χ2n) is 6.36. The molecule has 27 heavy (non-hydrogen) atoms. The summed E-state index contributed by atoms with van der Waals surface area (Å²) < 4.78 is 15.8. The number of hydrogen-bond acceptors (Lipinski definition) is 5. The van der Waals surface area contributed by atoms with Gasteiger partial charge in [-0.15, -0.1) is 12.8 Å². The molecule has 2 amide bonds. The lowest BCUT2D eigenvalue weighted by Gasteiger charge is -2.19. The molecule has 0 unspecified atom stereocenters. The van der Waals surface area contributed by atoms with Crippen LogP contribution in [0.2, 0.25) is 0 Å². The van der Waals surface area contributed by atoms with Gasteiger partial charge >= 0.3 is 6.09 Å². The molecule has 0 aliphatic rings. The van der Waals surface area contributed by atoms with E-state index in [4.69, 9.17) is 27.1 Å². The minimum absolute atomic E-state index is 0.0550. The first kappa shape index (κ1) is 21.7. The van der Waals surface area contributed by atoms with Gasteiger partial charge in [0.2, 0.25) is 0 Å². The third-order valence-electron chi connectivity index (χ3n) is 2.87. The van der Waals surface area contributed by atoms with E-state index in [1.165, 1.54) is 12.1 Å². The Morgan fingerprint density at radius 2 is 1.48 bits per heavy atom. The molecule has 0 aliphatic heterocycles. The molecule has 1 aromatic rings. The van der Waals surface area contributed by atoms with Crippen molar-refractivity contribution >= 4 is 12.0 Å². The van der Waals surface area contributed by atoms with Gasteiger partial charge in [0.1, 0.15) is 30.3 Å². The molecule has 0 atom stereocenters. The monoisotopic (exact) mass is 372 g/mol. The molecule has 7 nitrogen and oxygen atoms in total. The van der Waals surface area contributed by atoms with Gasteiger partial charge in [0.05, 0.1) is 0 Å². The van der Waals surface area contributed by atoms with Crippen LogP contribution < -0.4 is 20.1 Å². The zero-order valence-corrected chi connectivity index (χ0v) is 15.8. The van der Waals surface area contributed by atoms with Crippen molar-refractivity contribution in [3.63, 3.8) is 0 Å². The number of carbonyl (C=O) groups is 2. The quantitative estimate of drug-likeness (QED) is 0.538. The van der Waals surface area contributed by atoms with Crippen LogP contribution in [0, 0.1) is 24.7 Å². The normalized spacial score (nSPS) is 10.1. The summed E-state index contributed by atoms with van der Waals surface area (Å²) in [4.78, 5) is 23.9. The summed E-state index contributed by atoms with van der Waals surface area (Å²) >= 11 is 0. The molecule has 0 aliphatic carbocycles. The van der Waals surface area contributed by atoms with E-state index >= 15 is 0 Å². The summed E-state index contributed by atoms with van der Waals surface area (Å²) in [7, 11) is 0. The summed E-state index contributed by atoms with van der Waals surface area (Å²) in [5.41, 5.74) is -0.269. The minimum atomic E-state index is -0.582. The molecule has 0 radical (unpaired) electrons. The number of carbonyl (C=O) groups excluding carboxylic acids is 2. The van der Waals surface area contributed by atoms with Gasteiger partial charge in [-0.25, -0.2) is 4.79 Å². The smallest absolute Gasteiger partial charge is 0.407 e. The van der Waals surface area contributed by atoms with Gasteiger partial charge in [-0.2, -0.15) is 0 Å². The second kappa shape index (κ2) is 10.6. The lowest BCUT2D eigenvalue weighted by molar-refractivity contribution is 0.0526. The molecule has 0 saturated carbocycles. The topological polar surface area (TPSA) is 85.9 Å². The zero-order chi connectivity index (χ0) is 20.3. The molecule has 0 fully saturated rings. The Kier molecular flexibility index (Phi) is 8.55. The van der Waals surface area contributed by atoms with E-state index in [-0.39, 0.29) is 32.2 Å². The molecule has 0 aromatic heterocycles. The third-order valence-corrected chi connectivity index (χ3v) is 2.87. The number of nitrogens with one attached hydrogen (secondary N) is 2. The van der Waals surface area contributed by atoms with Crippen LogP contribution in [0.3, 0.4) is 0 Å². The highest BCUT2D eigenvalue weighted by atomic mass is 16.6. The summed E-state index contributed by atoms with van der Waals surface area (Å²) in [5.74, 6) is 5.11. The second-order valence-corrected chi connectivity index (χ2v) is 6.36. The average Bonchev–Trinajstić information content (AvgIpc) is 2.60. The fourth-order valence-corrected chi connectivity index (χ4v) is 1.88. The standard InChI is InChI=1S/C20H24N2O5/c1-6-10-25-16-12-15(13-17(14-16)26-11-7-2)18(23)21-8-9-22-19(24)27-20(3,4)5/h1-2,12-14H,8-11H2,3-5H3,(H,21,23)(H,22,24). The Morgan fingerprint density at radius 1 is 0.963 bits per heavy atom. The van der Waals surface area contributed by atoms with Gasteiger partial charge in [-0.05, 0) is 32.9 Å². The predicted octanol–water partition coefficient (Wildman–Crippen LogP) is 1.97. The molecule has 0 bridgehead atoms. The van der Waals surface area contributed by atoms with Crippen molar-refractivity contribution in [2.45, 2.75) is 26.4 Å².